The lowest BCUT2D eigenvalue weighted by Gasteiger charge is -2.02. The van der Waals surface area contributed by atoms with Crippen LogP contribution in [0.2, 0.25) is 0 Å². The van der Waals surface area contributed by atoms with E-state index in [4.69, 9.17) is 5.73 Å². The van der Waals surface area contributed by atoms with Crippen molar-refractivity contribution in [3.8, 4) is 0 Å². The van der Waals surface area contributed by atoms with E-state index in [-0.39, 0.29) is 0 Å². The Bertz CT molecular complexity index is 382. The third-order valence-corrected chi connectivity index (χ3v) is 2.45. The van der Waals surface area contributed by atoms with Gasteiger partial charge in [0.05, 0.1) is 0 Å². The van der Waals surface area contributed by atoms with E-state index < -0.39 is 0 Å². The van der Waals surface area contributed by atoms with Gasteiger partial charge in [0.2, 0.25) is 0 Å². The normalized spacial score (nSPS) is 11.9. The topological polar surface area (TPSA) is 26.0 Å². The Morgan fingerprint density at radius 1 is 1.31 bits per heavy atom. The number of rotatable bonds is 5. The van der Waals surface area contributed by atoms with Gasteiger partial charge in [-0.3, -0.25) is 0 Å². The van der Waals surface area contributed by atoms with E-state index in [1.807, 2.05) is 37.3 Å². The van der Waals surface area contributed by atoms with E-state index >= 15 is 0 Å². The molecular weight excluding hydrogens is 194 g/mol. The number of nitrogen functional groups attached to an aromatic ring is 1. The Morgan fingerprint density at radius 2 is 2.00 bits per heavy atom. The van der Waals surface area contributed by atoms with Crippen LogP contribution in [0.3, 0.4) is 0 Å². The maximum atomic E-state index is 5.64. The molecule has 0 amide bonds. The van der Waals surface area contributed by atoms with Gasteiger partial charge in [0.25, 0.3) is 0 Å². The minimum Gasteiger partial charge on any atom is -0.399 e. The lowest BCUT2D eigenvalue weighted by molar-refractivity contribution is 0.966. The Balaban J connectivity index is 2.56. The number of anilines is 1. The largest absolute Gasteiger partial charge is 0.399 e. The summed E-state index contributed by atoms with van der Waals surface area (Å²) in [5.41, 5.74) is 9.02. The van der Waals surface area contributed by atoms with Crippen LogP contribution in [0.1, 0.15) is 18.9 Å². The first-order valence-electron chi connectivity index (χ1n) is 5.55. The number of hydrogen-bond acceptors (Lipinski definition) is 1. The molecule has 0 saturated heterocycles. The van der Waals surface area contributed by atoms with Crippen LogP contribution in [-0.4, -0.2) is 0 Å². The van der Waals surface area contributed by atoms with Crippen molar-refractivity contribution in [3.05, 3.63) is 66.3 Å². The molecule has 0 atom stereocenters. The fourth-order valence-corrected chi connectivity index (χ4v) is 1.45. The third kappa shape index (κ3) is 4.18. The standard InChI is InChI=1S/C15H19N/c1-3-5-6-13(4-2)7-8-14-9-11-15(16)12-10-14/h3-6,9-12H,2,7-8,16H2,1H3/b5-3-,13-6+. The Kier molecular flexibility index (Phi) is 5.13. The quantitative estimate of drug-likeness (QED) is 0.583. The second-order valence-electron chi connectivity index (χ2n) is 3.71. The van der Waals surface area contributed by atoms with E-state index in [0.717, 1.165) is 18.5 Å². The van der Waals surface area contributed by atoms with Crippen molar-refractivity contribution in [2.75, 3.05) is 5.73 Å². The van der Waals surface area contributed by atoms with E-state index in [2.05, 4.69) is 24.8 Å². The van der Waals surface area contributed by atoms with E-state index in [0.29, 0.717) is 0 Å². The molecule has 0 saturated carbocycles. The zero-order valence-electron chi connectivity index (χ0n) is 9.82. The highest BCUT2D eigenvalue weighted by Crippen LogP contribution is 2.12. The van der Waals surface area contributed by atoms with Crippen molar-refractivity contribution in [1.82, 2.24) is 0 Å². The molecule has 1 aromatic carbocycles. The molecule has 1 heteroatoms. The smallest absolute Gasteiger partial charge is 0.0314 e. The van der Waals surface area contributed by atoms with E-state index in [1.54, 1.807) is 0 Å². The van der Waals surface area contributed by atoms with Crippen molar-refractivity contribution in [2.45, 2.75) is 19.8 Å². The number of nitrogens with two attached hydrogens (primary N) is 1. The number of allylic oxidation sites excluding steroid dienone is 5. The monoisotopic (exact) mass is 213 g/mol. The molecule has 1 rings (SSSR count). The summed E-state index contributed by atoms with van der Waals surface area (Å²) in [5.74, 6) is 0. The summed E-state index contributed by atoms with van der Waals surface area (Å²) in [6, 6.07) is 8.04. The van der Waals surface area contributed by atoms with Gasteiger partial charge < -0.3 is 5.73 Å². The van der Waals surface area contributed by atoms with Crippen LogP contribution in [0, 0.1) is 0 Å². The average Bonchev–Trinajstić information content (AvgIpc) is 2.32. The van der Waals surface area contributed by atoms with Crippen LogP contribution < -0.4 is 5.73 Å². The van der Waals surface area contributed by atoms with Crippen molar-refractivity contribution in [3.63, 3.8) is 0 Å². The maximum Gasteiger partial charge on any atom is 0.0314 e. The van der Waals surface area contributed by atoms with Gasteiger partial charge in [-0.1, -0.05) is 43.0 Å². The predicted octanol–water partition coefficient (Wildman–Crippen LogP) is 3.89. The first-order chi connectivity index (χ1) is 7.76. The summed E-state index contributed by atoms with van der Waals surface area (Å²) < 4.78 is 0. The third-order valence-electron chi connectivity index (χ3n) is 2.45. The summed E-state index contributed by atoms with van der Waals surface area (Å²) in [4.78, 5) is 0. The fraction of sp³-hybridized carbons (Fsp3) is 0.200. The molecule has 2 N–H and O–H groups in total. The lowest BCUT2D eigenvalue weighted by atomic mass is 10.0. The maximum absolute atomic E-state index is 5.64. The first-order valence-corrected chi connectivity index (χ1v) is 5.55. The highest BCUT2D eigenvalue weighted by molar-refractivity contribution is 5.39. The Labute approximate surface area is 98.0 Å². The zero-order chi connectivity index (χ0) is 11.8. The summed E-state index contributed by atoms with van der Waals surface area (Å²) in [7, 11) is 0. The molecule has 0 aliphatic rings. The van der Waals surface area contributed by atoms with Gasteiger partial charge in [-0.05, 0) is 43.0 Å². The fourth-order valence-electron chi connectivity index (χ4n) is 1.45. The van der Waals surface area contributed by atoms with E-state index in [1.165, 1.54) is 11.1 Å². The van der Waals surface area contributed by atoms with Gasteiger partial charge in [-0.15, -0.1) is 0 Å². The van der Waals surface area contributed by atoms with Gasteiger partial charge in [0.15, 0.2) is 0 Å². The van der Waals surface area contributed by atoms with Gasteiger partial charge in [0, 0.05) is 5.69 Å². The van der Waals surface area contributed by atoms with Crippen LogP contribution in [0.4, 0.5) is 5.69 Å². The van der Waals surface area contributed by atoms with Gasteiger partial charge >= 0.3 is 0 Å². The molecule has 0 bridgehead atoms. The van der Waals surface area contributed by atoms with Gasteiger partial charge in [-0.2, -0.15) is 0 Å². The molecule has 0 heterocycles. The van der Waals surface area contributed by atoms with Crippen LogP contribution >= 0.6 is 0 Å². The summed E-state index contributed by atoms with van der Waals surface area (Å²) >= 11 is 0. The van der Waals surface area contributed by atoms with Crippen molar-refractivity contribution < 1.29 is 0 Å². The lowest BCUT2D eigenvalue weighted by Crippen LogP contribution is -1.89. The Hall–Kier alpha value is -1.76. The van der Waals surface area contributed by atoms with Crippen molar-refractivity contribution >= 4 is 5.69 Å². The predicted molar refractivity (Wildman–Crippen MR) is 72.3 cm³/mol. The molecule has 16 heavy (non-hydrogen) atoms. The van der Waals surface area contributed by atoms with Crippen LogP contribution in [0.25, 0.3) is 0 Å². The molecule has 0 radical (unpaired) electrons. The SMILES string of the molecule is C=C/C(=C\C=C/C)CCc1ccc(N)cc1. The Morgan fingerprint density at radius 3 is 2.56 bits per heavy atom. The van der Waals surface area contributed by atoms with Crippen molar-refractivity contribution in [1.29, 1.82) is 0 Å². The highest BCUT2D eigenvalue weighted by atomic mass is 14.5. The van der Waals surface area contributed by atoms with Crippen LogP contribution in [0.15, 0.2) is 60.7 Å². The molecule has 0 spiro atoms. The number of aryl methyl sites for hydroxylation is 1. The van der Waals surface area contributed by atoms with Gasteiger partial charge in [0.1, 0.15) is 0 Å². The van der Waals surface area contributed by atoms with E-state index in [9.17, 15) is 0 Å². The molecule has 1 nitrogen and oxygen atoms in total. The molecular formula is C15H19N. The molecule has 0 aliphatic heterocycles. The summed E-state index contributed by atoms with van der Waals surface area (Å²) in [6.45, 7) is 5.83. The summed E-state index contributed by atoms with van der Waals surface area (Å²) in [6.07, 6.45) is 10.1. The molecule has 0 aliphatic carbocycles. The molecule has 0 fully saturated rings. The molecule has 1 aromatic rings. The zero-order valence-corrected chi connectivity index (χ0v) is 9.82. The average molecular weight is 213 g/mol. The second-order valence-corrected chi connectivity index (χ2v) is 3.71. The highest BCUT2D eigenvalue weighted by Gasteiger charge is 1.95. The van der Waals surface area contributed by atoms with Crippen molar-refractivity contribution in [2.24, 2.45) is 0 Å². The van der Waals surface area contributed by atoms with Crippen LogP contribution in [-0.2, 0) is 6.42 Å². The minimum absolute atomic E-state index is 0.817. The number of hydrogen-bond donors (Lipinski definition) is 1. The minimum atomic E-state index is 0.817. The van der Waals surface area contributed by atoms with Gasteiger partial charge in [-0.25, -0.2) is 0 Å². The second kappa shape index (κ2) is 6.67. The molecule has 0 aromatic heterocycles. The summed E-state index contributed by atoms with van der Waals surface area (Å²) in [5, 5.41) is 0. The molecule has 0 unspecified atom stereocenters. The number of benzene rings is 1. The van der Waals surface area contributed by atoms with Crippen LogP contribution in [0.5, 0.6) is 0 Å². The first kappa shape index (κ1) is 12.3. The molecule has 84 valence electrons.